The zero-order chi connectivity index (χ0) is 13.7. The van der Waals surface area contributed by atoms with E-state index in [1.165, 1.54) is 0 Å². The van der Waals surface area contributed by atoms with Crippen molar-refractivity contribution >= 4 is 0 Å². The van der Waals surface area contributed by atoms with Crippen molar-refractivity contribution in [1.29, 1.82) is 0 Å². The van der Waals surface area contributed by atoms with E-state index in [0.717, 1.165) is 29.7 Å². The molecule has 0 bridgehead atoms. The van der Waals surface area contributed by atoms with Gasteiger partial charge in [-0.15, -0.1) is 0 Å². The number of nitrogens with one attached hydrogen (secondary N) is 1. The van der Waals surface area contributed by atoms with Crippen LogP contribution >= 0.6 is 0 Å². The average molecular weight is 261 g/mol. The van der Waals surface area contributed by atoms with Crippen molar-refractivity contribution in [2.24, 2.45) is 0 Å². The lowest BCUT2D eigenvalue weighted by Crippen LogP contribution is -2.36. The Hall–Kier alpha value is -1.32. The Bertz CT molecular complexity index is 414. The fraction of sp³-hybridized carbons (Fsp3) is 0.500. The number of hydrogen-bond acceptors (Lipinski definition) is 3. The smallest absolute Gasteiger partial charge is 0.125 e. The van der Waals surface area contributed by atoms with Crippen molar-refractivity contribution in [3.8, 4) is 5.75 Å². The zero-order valence-corrected chi connectivity index (χ0v) is 11.7. The molecule has 0 amide bonds. The van der Waals surface area contributed by atoms with Crippen LogP contribution in [0.15, 0.2) is 30.4 Å². The predicted molar refractivity (Wildman–Crippen MR) is 77.6 cm³/mol. The molecule has 1 unspecified atom stereocenters. The van der Waals surface area contributed by atoms with Crippen molar-refractivity contribution in [1.82, 2.24) is 5.32 Å². The van der Waals surface area contributed by atoms with Gasteiger partial charge in [0.05, 0.1) is 0 Å². The number of aliphatic hydroxyl groups is 1. The minimum atomic E-state index is -0.473. The highest BCUT2D eigenvalue weighted by molar-refractivity contribution is 5.39. The first-order valence-electron chi connectivity index (χ1n) is 6.92. The van der Waals surface area contributed by atoms with Gasteiger partial charge in [0.1, 0.15) is 18.5 Å². The lowest BCUT2D eigenvalue weighted by atomic mass is 10.1. The quantitative estimate of drug-likeness (QED) is 0.772. The minimum absolute atomic E-state index is 0.332. The van der Waals surface area contributed by atoms with Gasteiger partial charge in [0.15, 0.2) is 0 Å². The summed E-state index contributed by atoms with van der Waals surface area (Å²) in [6.07, 6.45) is 6.00. The van der Waals surface area contributed by atoms with Crippen LogP contribution in [0.25, 0.3) is 0 Å². The van der Waals surface area contributed by atoms with E-state index in [9.17, 15) is 5.11 Å². The molecular weight excluding hydrogens is 238 g/mol. The zero-order valence-electron chi connectivity index (χ0n) is 11.7. The van der Waals surface area contributed by atoms with Gasteiger partial charge in [-0.2, -0.15) is 0 Å². The molecule has 3 nitrogen and oxygen atoms in total. The first-order chi connectivity index (χ1) is 9.16. The molecule has 1 aliphatic rings. The van der Waals surface area contributed by atoms with E-state index in [2.05, 4.69) is 17.5 Å². The van der Waals surface area contributed by atoms with Crippen LogP contribution in [0, 0.1) is 13.8 Å². The summed E-state index contributed by atoms with van der Waals surface area (Å²) in [5.41, 5.74) is 2.22. The second kappa shape index (κ2) is 6.73. The largest absolute Gasteiger partial charge is 0.490 e. The van der Waals surface area contributed by atoms with Crippen molar-refractivity contribution in [3.63, 3.8) is 0 Å². The number of benzene rings is 1. The number of aliphatic hydroxyl groups excluding tert-OH is 1. The second-order valence-electron chi connectivity index (χ2n) is 5.23. The average Bonchev–Trinajstić information content (AvgIpc) is 2.89. The molecule has 2 N–H and O–H groups in total. The molecule has 3 heteroatoms. The van der Waals surface area contributed by atoms with Gasteiger partial charge in [0, 0.05) is 12.6 Å². The van der Waals surface area contributed by atoms with Gasteiger partial charge >= 0.3 is 0 Å². The van der Waals surface area contributed by atoms with Gasteiger partial charge in [-0.1, -0.05) is 30.4 Å². The fourth-order valence-electron chi connectivity index (χ4n) is 2.35. The molecule has 2 rings (SSSR count). The molecule has 1 aromatic rings. The van der Waals surface area contributed by atoms with E-state index in [1.54, 1.807) is 0 Å². The number of para-hydroxylation sites is 1. The third-order valence-corrected chi connectivity index (χ3v) is 3.48. The standard InChI is InChI=1S/C16H23NO2/c1-12-6-5-7-13(2)16(12)19-11-15(18)10-17-14-8-3-4-9-14/h3-7,14-15,17-18H,8-11H2,1-2H3. The summed E-state index contributed by atoms with van der Waals surface area (Å²) in [6, 6.07) is 6.55. The molecule has 104 valence electrons. The van der Waals surface area contributed by atoms with E-state index in [-0.39, 0.29) is 0 Å². The number of ether oxygens (including phenoxy) is 1. The number of aryl methyl sites for hydroxylation is 2. The maximum Gasteiger partial charge on any atom is 0.125 e. The molecule has 0 radical (unpaired) electrons. The Morgan fingerprint density at radius 3 is 2.53 bits per heavy atom. The maximum absolute atomic E-state index is 9.94. The van der Waals surface area contributed by atoms with Crippen LogP contribution in [0.5, 0.6) is 5.75 Å². The molecule has 0 saturated heterocycles. The van der Waals surface area contributed by atoms with Gasteiger partial charge in [-0.3, -0.25) is 0 Å². The topological polar surface area (TPSA) is 41.5 Å². The second-order valence-corrected chi connectivity index (χ2v) is 5.23. The van der Waals surface area contributed by atoms with E-state index < -0.39 is 6.10 Å². The molecule has 0 heterocycles. The van der Waals surface area contributed by atoms with Gasteiger partial charge in [-0.25, -0.2) is 0 Å². The Labute approximate surface area is 115 Å². The van der Waals surface area contributed by atoms with E-state index in [4.69, 9.17) is 4.74 Å². The summed E-state index contributed by atoms with van der Waals surface area (Å²) in [4.78, 5) is 0. The van der Waals surface area contributed by atoms with Crippen molar-refractivity contribution in [3.05, 3.63) is 41.5 Å². The van der Waals surface area contributed by atoms with Crippen molar-refractivity contribution < 1.29 is 9.84 Å². The van der Waals surface area contributed by atoms with Gasteiger partial charge in [-0.05, 0) is 37.8 Å². The summed E-state index contributed by atoms with van der Waals surface area (Å²) in [7, 11) is 0. The van der Waals surface area contributed by atoms with Crippen LogP contribution in [0.1, 0.15) is 24.0 Å². The lowest BCUT2D eigenvalue weighted by molar-refractivity contribution is 0.103. The molecule has 1 atom stereocenters. The summed E-state index contributed by atoms with van der Waals surface area (Å²) in [5.74, 6) is 0.893. The van der Waals surface area contributed by atoms with Gasteiger partial charge < -0.3 is 15.2 Å². The normalized spacial score (nSPS) is 16.8. The molecule has 0 fully saturated rings. The van der Waals surface area contributed by atoms with Crippen LogP contribution in [0.2, 0.25) is 0 Å². The van der Waals surface area contributed by atoms with E-state index in [1.807, 2.05) is 32.0 Å². The van der Waals surface area contributed by atoms with Crippen LogP contribution in [0.4, 0.5) is 0 Å². The number of rotatable bonds is 6. The third kappa shape index (κ3) is 4.08. The SMILES string of the molecule is Cc1cccc(C)c1OCC(O)CNC1CC=CC1. The van der Waals surface area contributed by atoms with Crippen molar-refractivity contribution in [2.75, 3.05) is 13.2 Å². The predicted octanol–water partition coefficient (Wildman–Crippen LogP) is 2.35. The van der Waals surface area contributed by atoms with Crippen LogP contribution < -0.4 is 10.1 Å². The monoisotopic (exact) mass is 261 g/mol. The number of hydrogen-bond donors (Lipinski definition) is 2. The van der Waals surface area contributed by atoms with Crippen LogP contribution in [-0.4, -0.2) is 30.4 Å². The van der Waals surface area contributed by atoms with Gasteiger partial charge in [0.25, 0.3) is 0 Å². The highest BCUT2D eigenvalue weighted by Crippen LogP contribution is 2.22. The van der Waals surface area contributed by atoms with Crippen LogP contribution in [0.3, 0.4) is 0 Å². The molecule has 0 saturated carbocycles. The molecule has 19 heavy (non-hydrogen) atoms. The Morgan fingerprint density at radius 2 is 1.89 bits per heavy atom. The molecule has 0 aliphatic heterocycles. The Kier molecular flexibility index (Phi) is 5.00. The summed E-state index contributed by atoms with van der Waals surface area (Å²) >= 11 is 0. The minimum Gasteiger partial charge on any atom is -0.490 e. The van der Waals surface area contributed by atoms with Crippen molar-refractivity contribution in [2.45, 2.75) is 38.8 Å². The fourth-order valence-corrected chi connectivity index (χ4v) is 2.35. The van der Waals surface area contributed by atoms with Gasteiger partial charge in [0.2, 0.25) is 0 Å². The highest BCUT2D eigenvalue weighted by atomic mass is 16.5. The molecule has 0 aromatic heterocycles. The molecule has 1 aromatic carbocycles. The van der Waals surface area contributed by atoms with Crippen LogP contribution in [-0.2, 0) is 0 Å². The first kappa shape index (κ1) is 14.1. The summed E-state index contributed by atoms with van der Waals surface area (Å²) < 4.78 is 5.74. The maximum atomic E-state index is 9.94. The van der Waals surface area contributed by atoms with E-state index >= 15 is 0 Å². The lowest BCUT2D eigenvalue weighted by Gasteiger charge is -2.18. The molecule has 1 aliphatic carbocycles. The Morgan fingerprint density at radius 1 is 1.26 bits per heavy atom. The molecule has 0 spiro atoms. The molecular formula is C16H23NO2. The first-order valence-corrected chi connectivity index (χ1v) is 6.92. The Balaban J connectivity index is 1.75. The summed E-state index contributed by atoms with van der Waals surface area (Å²) in [6.45, 7) is 4.96. The van der Waals surface area contributed by atoms with E-state index in [0.29, 0.717) is 19.2 Å². The third-order valence-electron chi connectivity index (χ3n) is 3.48. The summed E-state index contributed by atoms with van der Waals surface area (Å²) in [5, 5.41) is 13.3. The highest BCUT2D eigenvalue weighted by Gasteiger charge is 2.13.